The molecule has 3 rings (SSSR count). The number of hydrogen-bond donors (Lipinski definition) is 2. The number of hydrogen-bond acceptors (Lipinski definition) is 3. The fourth-order valence-electron chi connectivity index (χ4n) is 3.34. The Morgan fingerprint density at radius 3 is 2.78 bits per heavy atom. The first kappa shape index (κ1) is 16.2. The molecule has 0 bridgehead atoms. The highest BCUT2D eigenvalue weighted by atomic mass is 32.2. The number of carboxylic acids is 1. The van der Waals surface area contributed by atoms with Crippen molar-refractivity contribution in [2.45, 2.75) is 18.8 Å². The maximum Gasteiger partial charge on any atom is 0.335 e. The number of aromatic nitrogens is 1. The van der Waals surface area contributed by atoms with Crippen LogP contribution in [-0.4, -0.2) is 56.8 Å². The van der Waals surface area contributed by atoms with Crippen LogP contribution in [0, 0.1) is 0 Å². The van der Waals surface area contributed by atoms with Gasteiger partial charge in [-0.15, -0.1) is 0 Å². The van der Waals surface area contributed by atoms with E-state index in [2.05, 4.69) is 9.88 Å². The van der Waals surface area contributed by atoms with Gasteiger partial charge in [-0.3, -0.25) is 4.21 Å². The standard InChI is InChI=1S/C17H22N2O3S/c1-23(22)9-8-19-6-4-12(5-7-19)15-11-18-16-3-2-13(17(20)21)10-14(15)16/h2-3,10-12,18H,4-9H2,1H3,(H,20,21). The summed E-state index contributed by atoms with van der Waals surface area (Å²) in [6.07, 6.45) is 5.89. The Kier molecular flexibility index (Phi) is 4.82. The van der Waals surface area contributed by atoms with Gasteiger partial charge in [-0.05, 0) is 55.6 Å². The topological polar surface area (TPSA) is 73.4 Å². The molecular weight excluding hydrogens is 312 g/mol. The highest BCUT2D eigenvalue weighted by molar-refractivity contribution is 7.84. The zero-order valence-electron chi connectivity index (χ0n) is 13.2. The maximum absolute atomic E-state index is 11.2. The first-order valence-electron chi connectivity index (χ1n) is 7.91. The summed E-state index contributed by atoms with van der Waals surface area (Å²) in [6.45, 7) is 2.91. The van der Waals surface area contributed by atoms with E-state index in [0.717, 1.165) is 49.1 Å². The Labute approximate surface area is 138 Å². The van der Waals surface area contributed by atoms with Crippen LogP contribution in [0.25, 0.3) is 10.9 Å². The number of carboxylic acid groups (broad SMARTS) is 1. The maximum atomic E-state index is 11.2. The molecule has 0 aliphatic carbocycles. The van der Waals surface area contributed by atoms with Crippen LogP contribution in [0.15, 0.2) is 24.4 Å². The number of benzene rings is 1. The van der Waals surface area contributed by atoms with Gasteiger partial charge in [-0.1, -0.05) is 0 Å². The number of carbonyl (C=O) groups is 1. The predicted octanol–water partition coefficient (Wildman–Crippen LogP) is 2.42. The molecule has 1 aromatic carbocycles. The van der Waals surface area contributed by atoms with Crippen LogP contribution in [0.4, 0.5) is 0 Å². The first-order chi connectivity index (χ1) is 11.0. The lowest BCUT2D eigenvalue weighted by molar-refractivity contribution is 0.0697. The summed E-state index contributed by atoms with van der Waals surface area (Å²) in [4.78, 5) is 16.8. The molecule has 1 saturated heterocycles. The lowest BCUT2D eigenvalue weighted by atomic mass is 9.89. The van der Waals surface area contributed by atoms with Gasteiger partial charge in [-0.2, -0.15) is 0 Å². The summed E-state index contributed by atoms with van der Waals surface area (Å²) in [7, 11) is -0.734. The number of likely N-dealkylation sites (tertiary alicyclic amines) is 1. The molecule has 6 heteroatoms. The molecule has 0 radical (unpaired) electrons. The fourth-order valence-corrected chi connectivity index (χ4v) is 3.85. The van der Waals surface area contributed by atoms with Gasteiger partial charge in [0.15, 0.2) is 0 Å². The van der Waals surface area contributed by atoms with Gasteiger partial charge >= 0.3 is 5.97 Å². The molecule has 124 valence electrons. The van der Waals surface area contributed by atoms with Crippen LogP contribution >= 0.6 is 0 Å². The third kappa shape index (κ3) is 3.64. The molecule has 0 amide bonds. The summed E-state index contributed by atoms with van der Waals surface area (Å²) in [5, 5.41) is 10.2. The van der Waals surface area contributed by atoms with Gasteiger partial charge in [0.25, 0.3) is 0 Å². The molecular formula is C17H22N2O3S. The van der Waals surface area contributed by atoms with E-state index in [4.69, 9.17) is 0 Å². The minimum absolute atomic E-state index is 0.334. The molecule has 1 atom stereocenters. The SMILES string of the molecule is CS(=O)CCN1CCC(c2c[nH]c3ccc(C(=O)O)cc23)CC1. The van der Waals surface area contributed by atoms with E-state index >= 15 is 0 Å². The summed E-state index contributed by atoms with van der Waals surface area (Å²) < 4.78 is 11.2. The largest absolute Gasteiger partial charge is 0.478 e. The molecule has 1 aromatic heterocycles. The Hall–Kier alpha value is -1.66. The van der Waals surface area contributed by atoms with E-state index in [0.29, 0.717) is 11.5 Å². The quantitative estimate of drug-likeness (QED) is 0.881. The lowest BCUT2D eigenvalue weighted by Crippen LogP contribution is -2.35. The van der Waals surface area contributed by atoms with Gasteiger partial charge < -0.3 is 15.0 Å². The van der Waals surface area contributed by atoms with E-state index < -0.39 is 16.8 Å². The summed E-state index contributed by atoms with van der Waals surface area (Å²) in [5.74, 6) is 0.303. The van der Waals surface area contributed by atoms with Crippen LogP contribution in [0.2, 0.25) is 0 Å². The molecule has 2 heterocycles. The predicted molar refractivity (Wildman–Crippen MR) is 92.6 cm³/mol. The Balaban J connectivity index is 1.73. The fraction of sp³-hybridized carbons (Fsp3) is 0.471. The molecule has 0 saturated carbocycles. The second-order valence-corrected chi connectivity index (χ2v) is 7.76. The molecule has 1 aliphatic rings. The van der Waals surface area contributed by atoms with Crippen LogP contribution in [0.5, 0.6) is 0 Å². The summed E-state index contributed by atoms with van der Waals surface area (Å²) >= 11 is 0. The van der Waals surface area contributed by atoms with Gasteiger partial charge in [0.2, 0.25) is 0 Å². The number of H-pyrrole nitrogens is 1. The summed E-state index contributed by atoms with van der Waals surface area (Å²) in [5.41, 5.74) is 2.55. The molecule has 2 aromatic rings. The van der Waals surface area contributed by atoms with Crippen molar-refractivity contribution in [2.24, 2.45) is 0 Å². The van der Waals surface area contributed by atoms with Gasteiger partial charge in [0, 0.05) is 46.5 Å². The molecule has 5 nitrogen and oxygen atoms in total. The highest BCUT2D eigenvalue weighted by Crippen LogP contribution is 2.33. The van der Waals surface area contributed by atoms with Crippen LogP contribution in [0.1, 0.15) is 34.7 Å². The minimum Gasteiger partial charge on any atom is -0.478 e. The number of aromatic carboxylic acids is 1. The second kappa shape index (κ2) is 6.84. The average Bonchev–Trinajstić information content (AvgIpc) is 2.96. The zero-order valence-corrected chi connectivity index (χ0v) is 14.1. The first-order valence-corrected chi connectivity index (χ1v) is 9.64. The number of fused-ring (bicyclic) bond motifs is 1. The lowest BCUT2D eigenvalue weighted by Gasteiger charge is -2.31. The van der Waals surface area contributed by atoms with E-state index in [1.54, 1.807) is 18.4 Å². The van der Waals surface area contributed by atoms with E-state index in [1.807, 2.05) is 12.3 Å². The molecule has 0 spiro atoms. The van der Waals surface area contributed by atoms with Crippen molar-refractivity contribution in [3.8, 4) is 0 Å². The Morgan fingerprint density at radius 1 is 1.39 bits per heavy atom. The van der Waals surface area contributed by atoms with Crippen molar-refractivity contribution >= 4 is 27.7 Å². The highest BCUT2D eigenvalue weighted by Gasteiger charge is 2.23. The average molecular weight is 334 g/mol. The third-order valence-electron chi connectivity index (χ3n) is 4.68. The van der Waals surface area contributed by atoms with Crippen molar-refractivity contribution in [3.63, 3.8) is 0 Å². The zero-order chi connectivity index (χ0) is 16.4. The van der Waals surface area contributed by atoms with Crippen molar-refractivity contribution in [3.05, 3.63) is 35.5 Å². The van der Waals surface area contributed by atoms with E-state index in [1.165, 1.54) is 5.56 Å². The normalized spacial score (nSPS) is 18.3. The molecule has 1 fully saturated rings. The molecule has 2 N–H and O–H groups in total. The van der Waals surface area contributed by atoms with Gasteiger partial charge in [0.1, 0.15) is 0 Å². The van der Waals surface area contributed by atoms with Crippen molar-refractivity contribution in [2.75, 3.05) is 31.6 Å². The second-order valence-electron chi connectivity index (χ2n) is 6.20. The van der Waals surface area contributed by atoms with Crippen LogP contribution in [0.3, 0.4) is 0 Å². The Morgan fingerprint density at radius 2 is 2.13 bits per heavy atom. The number of piperidine rings is 1. The number of nitrogens with zero attached hydrogens (tertiary/aromatic N) is 1. The van der Waals surface area contributed by atoms with E-state index in [9.17, 15) is 14.1 Å². The smallest absolute Gasteiger partial charge is 0.335 e. The van der Waals surface area contributed by atoms with Gasteiger partial charge in [-0.25, -0.2) is 4.79 Å². The van der Waals surface area contributed by atoms with E-state index in [-0.39, 0.29) is 0 Å². The van der Waals surface area contributed by atoms with Crippen molar-refractivity contribution in [1.82, 2.24) is 9.88 Å². The van der Waals surface area contributed by atoms with Crippen molar-refractivity contribution < 1.29 is 14.1 Å². The number of nitrogens with one attached hydrogen (secondary N) is 1. The minimum atomic E-state index is -0.888. The molecule has 23 heavy (non-hydrogen) atoms. The summed E-state index contributed by atoms with van der Waals surface area (Å²) in [6, 6.07) is 5.25. The Bertz CT molecular complexity index is 733. The monoisotopic (exact) mass is 334 g/mol. The van der Waals surface area contributed by atoms with Gasteiger partial charge in [0.05, 0.1) is 5.56 Å². The van der Waals surface area contributed by atoms with Crippen molar-refractivity contribution in [1.29, 1.82) is 0 Å². The number of aromatic amines is 1. The van der Waals surface area contributed by atoms with Crippen LogP contribution in [-0.2, 0) is 10.8 Å². The van der Waals surface area contributed by atoms with Crippen LogP contribution < -0.4 is 0 Å². The molecule has 1 unspecified atom stereocenters. The number of rotatable bonds is 5. The third-order valence-corrected chi connectivity index (χ3v) is 5.44. The molecule has 1 aliphatic heterocycles.